The highest BCUT2D eigenvalue weighted by Crippen LogP contribution is 2.24. The van der Waals surface area contributed by atoms with Crippen molar-refractivity contribution >= 4 is 21.6 Å². The van der Waals surface area contributed by atoms with E-state index in [9.17, 15) is 0 Å². The topological polar surface area (TPSA) is 38.5 Å². The van der Waals surface area contributed by atoms with Crippen LogP contribution in [0.2, 0.25) is 0 Å². The van der Waals surface area contributed by atoms with Crippen molar-refractivity contribution in [3.63, 3.8) is 0 Å². The lowest BCUT2D eigenvalue weighted by atomic mass is 10.1. The number of anilines is 1. The molecule has 2 N–H and O–H groups in total. The van der Waals surface area contributed by atoms with Crippen LogP contribution < -0.4 is 10.5 Å². The molecule has 0 aromatic heterocycles. The van der Waals surface area contributed by atoms with Crippen molar-refractivity contribution in [2.45, 2.75) is 13.1 Å². The average molecular weight is 335 g/mol. The molecule has 4 heteroatoms. The highest BCUT2D eigenvalue weighted by molar-refractivity contribution is 9.10. The van der Waals surface area contributed by atoms with Crippen LogP contribution in [0.3, 0.4) is 0 Å². The molecule has 0 atom stereocenters. The number of benzene rings is 2. The fourth-order valence-corrected chi connectivity index (χ4v) is 2.66. The monoisotopic (exact) mass is 334 g/mol. The smallest absolute Gasteiger partial charge is 0.119 e. The average Bonchev–Trinajstić information content (AvgIpc) is 2.43. The van der Waals surface area contributed by atoms with Crippen molar-refractivity contribution < 1.29 is 4.74 Å². The molecule has 0 heterocycles. The lowest BCUT2D eigenvalue weighted by Gasteiger charge is -2.19. The number of rotatable bonds is 5. The molecule has 0 saturated carbocycles. The second-order valence-corrected chi connectivity index (χ2v) is 5.69. The third-order valence-electron chi connectivity index (χ3n) is 3.17. The Balaban J connectivity index is 2.07. The molecule has 106 valence electrons. The van der Waals surface area contributed by atoms with Crippen molar-refractivity contribution in [2.24, 2.45) is 0 Å². The minimum atomic E-state index is 0.796. The number of methoxy groups -OCH3 is 1. The molecule has 2 aromatic carbocycles. The van der Waals surface area contributed by atoms with Crippen LogP contribution in [0.4, 0.5) is 5.69 Å². The molecule has 0 amide bonds. The molecule has 0 spiro atoms. The standard InChI is InChI=1S/C16H19BrN2O/c1-19(10-12-5-3-6-13(9-12)20-2)11-14-15(17)7-4-8-16(14)18/h3-9H,10-11,18H2,1-2H3. The Morgan fingerprint density at radius 1 is 1.15 bits per heavy atom. The summed E-state index contributed by atoms with van der Waals surface area (Å²) in [5.74, 6) is 0.885. The predicted molar refractivity (Wildman–Crippen MR) is 86.7 cm³/mol. The summed E-state index contributed by atoms with van der Waals surface area (Å²) in [6.07, 6.45) is 0. The van der Waals surface area contributed by atoms with Gasteiger partial charge in [0.25, 0.3) is 0 Å². The second-order valence-electron chi connectivity index (χ2n) is 4.83. The minimum absolute atomic E-state index is 0.796. The molecule has 0 aliphatic heterocycles. The molecule has 0 unspecified atom stereocenters. The number of nitrogens with zero attached hydrogens (tertiary/aromatic N) is 1. The molecule has 0 bridgehead atoms. The molecule has 2 aromatic rings. The zero-order valence-electron chi connectivity index (χ0n) is 11.8. The highest BCUT2D eigenvalue weighted by Gasteiger charge is 2.08. The van der Waals surface area contributed by atoms with Gasteiger partial charge in [0, 0.05) is 28.8 Å². The van der Waals surface area contributed by atoms with Crippen LogP contribution >= 0.6 is 15.9 Å². The van der Waals surface area contributed by atoms with Gasteiger partial charge in [0.05, 0.1) is 7.11 Å². The Morgan fingerprint density at radius 2 is 1.90 bits per heavy atom. The van der Waals surface area contributed by atoms with E-state index in [1.54, 1.807) is 7.11 Å². The lowest BCUT2D eigenvalue weighted by molar-refractivity contribution is 0.318. The highest BCUT2D eigenvalue weighted by atomic mass is 79.9. The SMILES string of the molecule is COc1cccc(CN(C)Cc2c(N)cccc2Br)c1. The summed E-state index contributed by atoms with van der Waals surface area (Å²) in [5, 5.41) is 0. The Hall–Kier alpha value is -1.52. The summed E-state index contributed by atoms with van der Waals surface area (Å²) in [6, 6.07) is 14.0. The van der Waals surface area contributed by atoms with Crippen LogP contribution in [0, 0.1) is 0 Å². The van der Waals surface area contributed by atoms with E-state index in [1.807, 2.05) is 30.3 Å². The van der Waals surface area contributed by atoms with Crippen LogP contribution in [0.5, 0.6) is 5.75 Å². The maximum atomic E-state index is 6.03. The third-order valence-corrected chi connectivity index (χ3v) is 3.91. The van der Waals surface area contributed by atoms with E-state index in [-0.39, 0.29) is 0 Å². The fourth-order valence-electron chi connectivity index (χ4n) is 2.15. The molecular formula is C16H19BrN2O. The first-order chi connectivity index (χ1) is 9.60. The van der Waals surface area contributed by atoms with Crippen LogP contribution in [-0.4, -0.2) is 19.1 Å². The summed E-state index contributed by atoms with van der Waals surface area (Å²) >= 11 is 3.56. The van der Waals surface area contributed by atoms with Gasteiger partial charge in [-0.1, -0.05) is 34.1 Å². The molecular weight excluding hydrogens is 316 g/mol. The summed E-state index contributed by atoms with van der Waals surface area (Å²) in [4.78, 5) is 2.23. The Kier molecular flexibility index (Phi) is 5.04. The molecule has 2 rings (SSSR count). The first kappa shape index (κ1) is 14.9. The van der Waals surface area contributed by atoms with Gasteiger partial charge in [-0.25, -0.2) is 0 Å². The molecule has 0 saturated heterocycles. The Morgan fingerprint density at radius 3 is 2.60 bits per heavy atom. The van der Waals surface area contributed by atoms with Gasteiger partial charge < -0.3 is 10.5 Å². The van der Waals surface area contributed by atoms with Gasteiger partial charge in [-0.15, -0.1) is 0 Å². The van der Waals surface area contributed by atoms with E-state index < -0.39 is 0 Å². The maximum Gasteiger partial charge on any atom is 0.119 e. The van der Waals surface area contributed by atoms with E-state index in [2.05, 4.69) is 40.0 Å². The number of nitrogens with two attached hydrogens (primary N) is 1. The molecule has 0 aliphatic carbocycles. The van der Waals surface area contributed by atoms with Gasteiger partial charge in [0.2, 0.25) is 0 Å². The maximum absolute atomic E-state index is 6.03. The minimum Gasteiger partial charge on any atom is -0.497 e. The first-order valence-electron chi connectivity index (χ1n) is 6.44. The summed E-state index contributed by atoms with van der Waals surface area (Å²) in [6.45, 7) is 1.64. The fraction of sp³-hybridized carbons (Fsp3) is 0.250. The van der Waals surface area contributed by atoms with Gasteiger partial charge in [-0.05, 0) is 36.9 Å². The summed E-state index contributed by atoms with van der Waals surface area (Å²) in [7, 11) is 3.77. The molecule has 20 heavy (non-hydrogen) atoms. The number of ether oxygens (including phenoxy) is 1. The Bertz CT molecular complexity index is 566. The number of hydrogen-bond acceptors (Lipinski definition) is 3. The third kappa shape index (κ3) is 3.74. The van der Waals surface area contributed by atoms with E-state index >= 15 is 0 Å². The van der Waals surface area contributed by atoms with Crippen molar-refractivity contribution in [2.75, 3.05) is 19.9 Å². The van der Waals surface area contributed by atoms with Crippen molar-refractivity contribution in [3.05, 3.63) is 58.1 Å². The number of hydrogen-bond donors (Lipinski definition) is 1. The van der Waals surface area contributed by atoms with E-state index in [0.29, 0.717) is 0 Å². The summed E-state index contributed by atoms with van der Waals surface area (Å²) in [5.41, 5.74) is 9.19. The van der Waals surface area contributed by atoms with E-state index in [4.69, 9.17) is 10.5 Å². The lowest BCUT2D eigenvalue weighted by Crippen LogP contribution is -2.18. The molecule has 3 nitrogen and oxygen atoms in total. The molecule has 0 aliphatic rings. The summed E-state index contributed by atoms with van der Waals surface area (Å²) < 4.78 is 6.30. The van der Waals surface area contributed by atoms with Gasteiger partial charge >= 0.3 is 0 Å². The van der Waals surface area contributed by atoms with Gasteiger partial charge in [-0.3, -0.25) is 4.90 Å². The molecule has 0 fully saturated rings. The van der Waals surface area contributed by atoms with Crippen LogP contribution in [-0.2, 0) is 13.1 Å². The van der Waals surface area contributed by atoms with Crippen LogP contribution in [0.15, 0.2) is 46.9 Å². The van der Waals surface area contributed by atoms with Gasteiger partial charge in [0.15, 0.2) is 0 Å². The zero-order chi connectivity index (χ0) is 14.5. The van der Waals surface area contributed by atoms with Gasteiger partial charge in [0.1, 0.15) is 5.75 Å². The van der Waals surface area contributed by atoms with Gasteiger partial charge in [-0.2, -0.15) is 0 Å². The normalized spacial score (nSPS) is 10.8. The van der Waals surface area contributed by atoms with Crippen molar-refractivity contribution in [1.29, 1.82) is 0 Å². The molecule has 0 radical (unpaired) electrons. The zero-order valence-corrected chi connectivity index (χ0v) is 13.4. The van der Waals surface area contributed by atoms with Crippen molar-refractivity contribution in [1.82, 2.24) is 4.90 Å². The Labute approximate surface area is 128 Å². The van der Waals surface area contributed by atoms with E-state index in [1.165, 1.54) is 5.56 Å². The quantitative estimate of drug-likeness (QED) is 0.848. The predicted octanol–water partition coefficient (Wildman–Crippen LogP) is 3.67. The van der Waals surface area contributed by atoms with E-state index in [0.717, 1.165) is 34.6 Å². The number of nitrogen functional groups attached to an aromatic ring is 1. The second kappa shape index (κ2) is 6.77. The van der Waals surface area contributed by atoms with Crippen molar-refractivity contribution in [3.8, 4) is 5.75 Å². The largest absolute Gasteiger partial charge is 0.497 e. The van der Waals surface area contributed by atoms with Crippen LogP contribution in [0.25, 0.3) is 0 Å². The first-order valence-corrected chi connectivity index (χ1v) is 7.24. The van der Waals surface area contributed by atoms with Crippen LogP contribution in [0.1, 0.15) is 11.1 Å². The number of halogens is 1.